The van der Waals surface area contributed by atoms with Crippen molar-refractivity contribution < 1.29 is 4.74 Å². The molecular formula is C21H17N3O2. The van der Waals surface area contributed by atoms with Crippen LogP contribution in [0.5, 0.6) is 11.5 Å². The molecule has 0 spiro atoms. The van der Waals surface area contributed by atoms with Gasteiger partial charge in [0.25, 0.3) is 5.56 Å². The van der Waals surface area contributed by atoms with Crippen molar-refractivity contribution in [2.45, 2.75) is 13.8 Å². The summed E-state index contributed by atoms with van der Waals surface area (Å²) in [7, 11) is 0. The number of benzene rings is 2. The zero-order valence-corrected chi connectivity index (χ0v) is 14.5. The summed E-state index contributed by atoms with van der Waals surface area (Å²) < 4.78 is 7.03. The van der Waals surface area contributed by atoms with Crippen LogP contribution >= 0.6 is 0 Å². The van der Waals surface area contributed by atoms with Gasteiger partial charge in [-0.15, -0.1) is 0 Å². The predicted molar refractivity (Wildman–Crippen MR) is 101 cm³/mol. The zero-order valence-electron chi connectivity index (χ0n) is 14.5. The molecule has 26 heavy (non-hydrogen) atoms. The molecule has 0 bridgehead atoms. The standard InChI is InChI=1S/C21H17N3O2/c1-15-11-16(2)24(21(25)20(15)13-22)23-14-17-7-6-10-19(12-17)26-18-8-4-3-5-9-18/h3-12,14H,1-2H3/b23-14+. The highest BCUT2D eigenvalue weighted by Gasteiger charge is 2.09. The lowest BCUT2D eigenvalue weighted by Crippen LogP contribution is -2.22. The van der Waals surface area contributed by atoms with Crippen molar-refractivity contribution in [1.29, 1.82) is 5.26 Å². The molecule has 0 aliphatic rings. The van der Waals surface area contributed by atoms with Crippen LogP contribution in [0, 0.1) is 25.2 Å². The predicted octanol–water partition coefficient (Wildman–Crippen LogP) is 4.01. The van der Waals surface area contributed by atoms with Crippen molar-refractivity contribution in [2.75, 3.05) is 0 Å². The SMILES string of the molecule is Cc1cc(C)n(/N=C/c2cccc(Oc3ccccc3)c2)c(=O)c1C#N. The fourth-order valence-electron chi connectivity index (χ4n) is 2.57. The van der Waals surface area contributed by atoms with Gasteiger partial charge in [0.2, 0.25) is 0 Å². The summed E-state index contributed by atoms with van der Waals surface area (Å²) in [6.45, 7) is 3.52. The number of nitrogens with zero attached hydrogens (tertiary/aromatic N) is 3. The molecule has 0 radical (unpaired) electrons. The van der Waals surface area contributed by atoms with E-state index in [1.165, 1.54) is 4.68 Å². The molecule has 0 atom stereocenters. The summed E-state index contributed by atoms with van der Waals surface area (Å²) in [5.74, 6) is 1.41. The first-order chi connectivity index (χ1) is 12.6. The number of aromatic nitrogens is 1. The lowest BCUT2D eigenvalue weighted by Gasteiger charge is -2.07. The molecule has 0 saturated carbocycles. The first-order valence-electron chi connectivity index (χ1n) is 8.09. The van der Waals surface area contributed by atoms with Gasteiger partial charge in [-0.3, -0.25) is 4.79 Å². The molecule has 1 aromatic heterocycles. The van der Waals surface area contributed by atoms with E-state index in [0.717, 1.165) is 11.3 Å². The number of ether oxygens (including phenoxy) is 1. The van der Waals surface area contributed by atoms with E-state index >= 15 is 0 Å². The zero-order chi connectivity index (χ0) is 18.5. The summed E-state index contributed by atoms with van der Waals surface area (Å²) >= 11 is 0. The Kier molecular flexibility index (Phi) is 4.95. The van der Waals surface area contributed by atoms with Gasteiger partial charge in [-0.05, 0) is 55.3 Å². The van der Waals surface area contributed by atoms with Crippen LogP contribution in [-0.4, -0.2) is 10.9 Å². The van der Waals surface area contributed by atoms with E-state index in [-0.39, 0.29) is 5.56 Å². The molecule has 3 aromatic rings. The van der Waals surface area contributed by atoms with Crippen molar-refractivity contribution >= 4 is 6.21 Å². The summed E-state index contributed by atoms with van der Waals surface area (Å²) in [4.78, 5) is 12.4. The van der Waals surface area contributed by atoms with Crippen molar-refractivity contribution in [3.05, 3.63) is 93.4 Å². The van der Waals surface area contributed by atoms with Crippen LogP contribution in [0.2, 0.25) is 0 Å². The minimum Gasteiger partial charge on any atom is -0.457 e. The van der Waals surface area contributed by atoms with Crippen molar-refractivity contribution in [1.82, 2.24) is 4.68 Å². The highest BCUT2D eigenvalue weighted by Crippen LogP contribution is 2.21. The van der Waals surface area contributed by atoms with Crippen LogP contribution in [0.15, 0.2) is 70.6 Å². The van der Waals surface area contributed by atoms with Crippen molar-refractivity contribution in [2.24, 2.45) is 5.10 Å². The average molecular weight is 343 g/mol. The topological polar surface area (TPSA) is 67.4 Å². The molecule has 128 valence electrons. The third-order valence-corrected chi connectivity index (χ3v) is 3.83. The molecule has 0 aliphatic heterocycles. The lowest BCUT2D eigenvalue weighted by molar-refractivity contribution is 0.482. The Morgan fingerprint density at radius 3 is 2.50 bits per heavy atom. The number of rotatable bonds is 4. The minimum absolute atomic E-state index is 0.105. The molecule has 5 heteroatoms. The monoisotopic (exact) mass is 343 g/mol. The molecule has 0 N–H and O–H groups in total. The van der Waals surface area contributed by atoms with E-state index in [1.807, 2.05) is 60.7 Å². The molecule has 0 amide bonds. The maximum atomic E-state index is 12.4. The molecule has 0 fully saturated rings. The van der Waals surface area contributed by atoms with Gasteiger partial charge in [0.1, 0.15) is 23.1 Å². The summed E-state index contributed by atoms with van der Waals surface area (Å²) in [5.41, 5.74) is 1.79. The van der Waals surface area contributed by atoms with Gasteiger partial charge in [0.05, 0.1) is 6.21 Å². The Labute approximate surface area is 151 Å². The van der Waals surface area contributed by atoms with Crippen LogP contribution in [0.4, 0.5) is 0 Å². The van der Waals surface area contributed by atoms with E-state index in [1.54, 1.807) is 26.1 Å². The largest absolute Gasteiger partial charge is 0.457 e. The van der Waals surface area contributed by atoms with Gasteiger partial charge in [0.15, 0.2) is 0 Å². The van der Waals surface area contributed by atoms with Crippen LogP contribution < -0.4 is 10.3 Å². The third kappa shape index (κ3) is 3.70. The highest BCUT2D eigenvalue weighted by molar-refractivity contribution is 5.80. The van der Waals surface area contributed by atoms with Gasteiger partial charge >= 0.3 is 0 Å². The molecule has 1 heterocycles. The van der Waals surface area contributed by atoms with Gasteiger partial charge in [-0.25, -0.2) is 4.68 Å². The quantitative estimate of drug-likeness (QED) is 0.672. The Bertz CT molecular complexity index is 1060. The maximum Gasteiger partial charge on any atom is 0.289 e. The van der Waals surface area contributed by atoms with Gasteiger partial charge in [0, 0.05) is 5.69 Å². The molecule has 0 unspecified atom stereocenters. The van der Waals surface area contributed by atoms with Crippen LogP contribution in [0.1, 0.15) is 22.4 Å². The smallest absolute Gasteiger partial charge is 0.289 e. The van der Waals surface area contributed by atoms with E-state index in [0.29, 0.717) is 17.0 Å². The van der Waals surface area contributed by atoms with Gasteiger partial charge in [-0.2, -0.15) is 10.4 Å². The molecule has 5 nitrogen and oxygen atoms in total. The van der Waals surface area contributed by atoms with E-state index < -0.39 is 5.56 Å². The number of para-hydroxylation sites is 1. The molecule has 3 rings (SSSR count). The first-order valence-corrected chi connectivity index (χ1v) is 8.09. The second kappa shape index (κ2) is 7.49. The Hall–Kier alpha value is -3.65. The summed E-state index contributed by atoms with van der Waals surface area (Å²) in [6, 6.07) is 20.6. The van der Waals surface area contributed by atoms with E-state index in [9.17, 15) is 4.79 Å². The molecule has 0 aliphatic carbocycles. The molecule has 0 saturated heterocycles. The van der Waals surface area contributed by atoms with Crippen LogP contribution in [0.25, 0.3) is 0 Å². The normalized spacial score (nSPS) is 10.7. The molecule has 2 aromatic carbocycles. The van der Waals surface area contributed by atoms with E-state index in [2.05, 4.69) is 5.10 Å². The number of pyridine rings is 1. The average Bonchev–Trinajstić information content (AvgIpc) is 2.63. The summed E-state index contributed by atoms with van der Waals surface area (Å²) in [6.07, 6.45) is 1.57. The number of hydrogen-bond donors (Lipinski definition) is 0. The lowest BCUT2D eigenvalue weighted by atomic mass is 10.1. The van der Waals surface area contributed by atoms with Crippen molar-refractivity contribution in [3.8, 4) is 17.6 Å². The number of nitriles is 1. The van der Waals surface area contributed by atoms with Crippen LogP contribution in [0.3, 0.4) is 0 Å². The van der Waals surface area contributed by atoms with Crippen molar-refractivity contribution in [3.63, 3.8) is 0 Å². The Morgan fingerprint density at radius 1 is 1.04 bits per heavy atom. The van der Waals surface area contributed by atoms with Crippen LogP contribution in [-0.2, 0) is 0 Å². The fourth-order valence-corrected chi connectivity index (χ4v) is 2.57. The van der Waals surface area contributed by atoms with E-state index in [4.69, 9.17) is 10.00 Å². The highest BCUT2D eigenvalue weighted by atomic mass is 16.5. The number of aryl methyl sites for hydroxylation is 2. The van der Waals surface area contributed by atoms with Gasteiger partial charge < -0.3 is 4.74 Å². The second-order valence-corrected chi connectivity index (χ2v) is 5.80. The van der Waals surface area contributed by atoms with Gasteiger partial charge in [-0.1, -0.05) is 30.3 Å². The Balaban J connectivity index is 1.89. The number of hydrogen-bond acceptors (Lipinski definition) is 4. The minimum atomic E-state index is -0.419. The Morgan fingerprint density at radius 2 is 1.77 bits per heavy atom. The second-order valence-electron chi connectivity index (χ2n) is 5.80. The maximum absolute atomic E-state index is 12.4. The summed E-state index contributed by atoms with van der Waals surface area (Å²) in [5, 5.41) is 13.4. The first kappa shape index (κ1) is 17.2. The fraction of sp³-hybridized carbons (Fsp3) is 0.0952. The third-order valence-electron chi connectivity index (χ3n) is 3.83. The molecular weight excluding hydrogens is 326 g/mol.